The van der Waals surface area contributed by atoms with Crippen LogP contribution >= 0.6 is 0 Å². The summed E-state index contributed by atoms with van der Waals surface area (Å²) in [6.07, 6.45) is 3.76. The van der Waals surface area contributed by atoms with Gasteiger partial charge in [0.2, 0.25) is 5.95 Å². The maximum atomic E-state index is 13.2. The summed E-state index contributed by atoms with van der Waals surface area (Å²) in [5.41, 5.74) is 0.414. The van der Waals surface area contributed by atoms with E-state index in [-0.39, 0.29) is 0 Å². The number of piperidine rings is 1. The molecule has 1 saturated heterocycles. The Morgan fingerprint density at radius 3 is 2.91 bits per heavy atom. The van der Waals surface area contributed by atoms with Crippen molar-refractivity contribution >= 4 is 17.5 Å². The van der Waals surface area contributed by atoms with Gasteiger partial charge in [0.05, 0.1) is 6.20 Å². The zero-order chi connectivity index (χ0) is 15.5. The van der Waals surface area contributed by atoms with Crippen molar-refractivity contribution in [2.24, 2.45) is 5.92 Å². The summed E-state index contributed by atoms with van der Waals surface area (Å²) in [6.45, 7) is 4.00. The predicted molar refractivity (Wildman–Crippen MR) is 80.1 cm³/mol. The second-order valence-electron chi connectivity index (χ2n) is 5.59. The van der Waals surface area contributed by atoms with Crippen molar-refractivity contribution in [2.75, 3.05) is 23.3 Å². The van der Waals surface area contributed by atoms with Crippen molar-refractivity contribution < 1.29 is 8.78 Å². The van der Waals surface area contributed by atoms with Gasteiger partial charge in [0.15, 0.2) is 17.5 Å². The van der Waals surface area contributed by atoms with E-state index in [1.54, 1.807) is 0 Å². The smallest absolute Gasteiger partial charge is 0.247 e. The minimum absolute atomic E-state index is 0.414. The third-order valence-electron chi connectivity index (χ3n) is 3.68. The lowest BCUT2D eigenvalue weighted by molar-refractivity contribution is 0.441. The molecule has 0 spiro atoms. The van der Waals surface area contributed by atoms with E-state index in [4.69, 9.17) is 0 Å². The number of nitrogens with one attached hydrogen (secondary N) is 1. The molecule has 5 nitrogen and oxygen atoms in total. The fourth-order valence-corrected chi connectivity index (χ4v) is 2.58. The van der Waals surface area contributed by atoms with Gasteiger partial charge in [-0.3, -0.25) is 0 Å². The maximum absolute atomic E-state index is 13.2. The number of benzene rings is 1. The van der Waals surface area contributed by atoms with Crippen LogP contribution in [0.15, 0.2) is 24.4 Å². The first-order valence-electron chi connectivity index (χ1n) is 7.28. The third-order valence-corrected chi connectivity index (χ3v) is 3.68. The standard InChI is InChI=1S/C15H17F2N5/c1-10-3-2-6-22(9-10)15-20-14(8-18-21-15)19-11-4-5-12(16)13(17)7-11/h4-5,7-8,10H,2-3,6,9H2,1H3,(H,19,20,21). The number of aromatic nitrogens is 3. The van der Waals surface area contributed by atoms with Gasteiger partial charge in [-0.1, -0.05) is 6.92 Å². The largest absolute Gasteiger partial charge is 0.339 e. The Kier molecular flexibility index (Phi) is 4.13. The van der Waals surface area contributed by atoms with Crippen molar-refractivity contribution in [3.05, 3.63) is 36.0 Å². The Hall–Kier alpha value is -2.31. The molecular formula is C15H17F2N5. The summed E-state index contributed by atoms with van der Waals surface area (Å²) in [4.78, 5) is 6.50. The Morgan fingerprint density at radius 2 is 2.14 bits per heavy atom. The van der Waals surface area contributed by atoms with E-state index < -0.39 is 11.6 Å². The lowest BCUT2D eigenvalue weighted by atomic mass is 10.0. The van der Waals surface area contributed by atoms with Gasteiger partial charge in [-0.25, -0.2) is 8.78 Å². The zero-order valence-corrected chi connectivity index (χ0v) is 12.3. The topological polar surface area (TPSA) is 53.9 Å². The van der Waals surface area contributed by atoms with Gasteiger partial charge in [-0.2, -0.15) is 10.1 Å². The van der Waals surface area contributed by atoms with Gasteiger partial charge in [0.1, 0.15) is 0 Å². The predicted octanol–water partition coefficient (Wildman–Crippen LogP) is 3.13. The molecule has 22 heavy (non-hydrogen) atoms. The van der Waals surface area contributed by atoms with Gasteiger partial charge >= 0.3 is 0 Å². The summed E-state index contributed by atoms with van der Waals surface area (Å²) < 4.78 is 26.2. The number of hydrogen-bond donors (Lipinski definition) is 1. The van der Waals surface area contributed by atoms with Crippen molar-refractivity contribution in [2.45, 2.75) is 19.8 Å². The van der Waals surface area contributed by atoms with Gasteiger partial charge < -0.3 is 10.2 Å². The van der Waals surface area contributed by atoms with Crippen LogP contribution in [0.3, 0.4) is 0 Å². The minimum Gasteiger partial charge on any atom is -0.339 e. The van der Waals surface area contributed by atoms with E-state index in [0.717, 1.165) is 31.6 Å². The summed E-state index contributed by atoms with van der Waals surface area (Å²) in [6, 6.07) is 3.60. The molecular weight excluding hydrogens is 288 g/mol. The molecule has 1 aliphatic heterocycles. The molecule has 1 fully saturated rings. The van der Waals surface area contributed by atoms with Crippen LogP contribution in [0.25, 0.3) is 0 Å². The van der Waals surface area contributed by atoms with Gasteiger partial charge in [0, 0.05) is 24.8 Å². The van der Waals surface area contributed by atoms with Gasteiger partial charge in [0.25, 0.3) is 0 Å². The Labute approximate surface area is 127 Å². The molecule has 1 N–H and O–H groups in total. The Bertz CT molecular complexity index is 664. The Balaban J connectivity index is 1.77. The van der Waals surface area contributed by atoms with E-state index >= 15 is 0 Å². The van der Waals surface area contributed by atoms with Crippen molar-refractivity contribution in [3.8, 4) is 0 Å². The zero-order valence-electron chi connectivity index (χ0n) is 12.3. The summed E-state index contributed by atoms with van der Waals surface area (Å²) in [7, 11) is 0. The second-order valence-corrected chi connectivity index (χ2v) is 5.59. The molecule has 7 heteroatoms. The van der Waals surface area contributed by atoms with Crippen molar-refractivity contribution in [3.63, 3.8) is 0 Å². The molecule has 1 aromatic heterocycles. The number of halogens is 2. The summed E-state index contributed by atoms with van der Waals surface area (Å²) in [5.74, 6) is -0.181. The van der Waals surface area contributed by atoms with E-state index in [9.17, 15) is 8.78 Å². The molecule has 3 rings (SSSR count). The molecule has 1 aromatic carbocycles. The van der Waals surface area contributed by atoms with Crippen LogP contribution < -0.4 is 10.2 Å². The van der Waals surface area contributed by atoms with Crippen molar-refractivity contribution in [1.82, 2.24) is 15.2 Å². The summed E-state index contributed by atoms with van der Waals surface area (Å²) >= 11 is 0. The quantitative estimate of drug-likeness (QED) is 0.944. The number of rotatable bonds is 3. The molecule has 0 amide bonds. The molecule has 0 aliphatic carbocycles. The highest BCUT2D eigenvalue weighted by Gasteiger charge is 2.19. The van der Waals surface area contributed by atoms with Crippen LogP contribution in [-0.2, 0) is 0 Å². The van der Waals surface area contributed by atoms with Crippen LogP contribution in [0, 0.1) is 17.6 Å². The van der Waals surface area contributed by atoms with E-state index in [2.05, 4.69) is 32.3 Å². The number of nitrogens with zero attached hydrogens (tertiary/aromatic N) is 4. The molecule has 116 valence electrons. The third kappa shape index (κ3) is 3.29. The SMILES string of the molecule is CC1CCCN(c2nncc(Nc3ccc(F)c(F)c3)n2)C1. The Morgan fingerprint density at radius 1 is 1.27 bits per heavy atom. The molecule has 0 radical (unpaired) electrons. The first kappa shape index (κ1) is 14.6. The average Bonchev–Trinajstić information content (AvgIpc) is 2.51. The van der Waals surface area contributed by atoms with Crippen LogP contribution in [0.2, 0.25) is 0 Å². The van der Waals surface area contributed by atoms with Crippen LogP contribution in [0.4, 0.5) is 26.2 Å². The van der Waals surface area contributed by atoms with Crippen LogP contribution in [0.5, 0.6) is 0 Å². The van der Waals surface area contributed by atoms with E-state index in [0.29, 0.717) is 23.4 Å². The summed E-state index contributed by atoms with van der Waals surface area (Å²) in [5, 5.41) is 10.9. The molecule has 1 aliphatic rings. The lowest BCUT2D eigenvalue weighted by Crippen LogP contribution is -2.35. The lowest BCUT2D eigenvalue weighted by Gasteiger charge is -2.30. The first-order valence-corrected chi connectivity index (χ1v) is 7.28. The highest BCUT2D eigenvalue weighted by atomic mass is 19.2. The van der Waals surface area contributed by atoms with E-state index in [1.807, 2.05) is 0 Å². The molecule has 1 atom stereocenters. The first-order chi connectivity index (χ1) is 10.6. The number of hydrogen-bond acceptors (Lipinski definition) is 5. The average molecular weight is 305 g/mol. The maximum Gasteiger partial charge on any atom is 0.247 e. The fraction of sp³-hybridized carbons (Fsp3) is 0.400. The highest BCUT2D eigenvalue weighted by molar-refractivity contribution is 5.56. The van der Waals surface area contributed by atoms with E-state index in [1.165, 1.54) is 18.7 Å². The molecule has 0 bridgehead atoms. The monoisotopic (exact) mass is 305 g/mol. The van der Waals surface area contributed by atoms with Gasteiger partial charge in [-0.05, 0) is 30.9 Å². The molecule has 2 heterocycles. The molecule has 1 unspecified atom stereocenters. The van der Waals surface area contributed by atoms with Crippen molar-refractivity contribution in [1.29, 1.82) is 0 Å². The molecule has 2 aromatic rings. The van der Waals surface area contributed by atoms with Crippen LogP contribution in [0.1, 0.15) is 19.8 Å². The van der Waals surface area contributed by atoms with Gasteiger partial charge in [-0.15, -0.1) is 5.10 Å². The number of anilines is 3. The van der Waals surface area contributed by atoms with Crippen LogP contribution in [-0.4, -0.2) is 28.3 Å². The second kappa shape index (κ2) is 6.21. The normalized spacial score (nSPS) is 18.3. The molecule has 0 saturated carbocycles. The fourth-order valence-electron chi connectivity index (χ4n) is 2.58. The highest BCUT2D eigenvalue weighted by Crippen LogP contribution is 2.21. The minimum atomic E-state index is -0.905.